The molecule has 1 aromatic rings. The third-order valence-electron chi connectivity index (χ3n) is 4.71. The lowest BCUT2D eigenvalue weighted by Gasteiger charge is -2.38. The van der Waals surface area contributed by atoms with Crippen LogP contribution in [0, 0.1) is 0 Å². The molecular weight excluding hydrogens is 322 g/mol. The summed E-state index contributed by atoms with van der Waals surface area (Å²) in [6.45, 7) is 4.52. The standard InChI is InChI=1S/C18H25N3O4/c1-20-15(22)13-25-17(16(20)14-5-3-2-4-6-14)18(23)19-7-8-21-9-11-24-12-10-21/h2-6,16-17H,7-13H2,1H3,(H,19,23)/t16-,17-/m1/s1. The molecule has 136 valence electrons. The van der Waals surface area contributed by atoms with E-state index in [0.717, 1.165) is 38.4 Å². The molecule has 7 nitrogen and oxygen atoms in total. The van der Waals surface area contributed by atoms with Gasteiger partial charge < -0.3 is 19.7 Å². The van der Waals surface area contributed by atoms with Gasteiger partial charge in [-0.3, -0.25) is 14.5 Å². The van der Waals surface area contributed by atoms with Crippen LogP contribution in [0.25, 0.3) is 0 Å². The molecule has 2 heterocycles. The van der Waals surface area contributed by atoms with E-state index in [0.29, 0.717) is 6.54 Å². The molecule has 0 bridgehead atoms. The Bertz CT molecular complexity index is 589. The molecule has 2 fully saturated rings. The van der Waals surface area contributed by atoms with Crippen molar-refractivity contribution >= 4 is 11.8 Å². The smallest absolute Gasteiger partial charge is 0.251 e. The highest BCUT2D eigenvalue weighted by atomic mass is 16.5. The number of morpholine rings is 2. The van der Waals surface area contributed by atoms with Gasteiger partial charge in [-0.2, -0.15) is 0 Å². The molecule has 1 aromatic carbocycles. The summed E-state index contributed by atoms with van der Waals surface area (Å²) in [5.74, 6) is -0.298. The first-order chi connectivity index (χ1) is 12.2. The van der Waals surface area contributed by atoms with Gasteiger partial charge in [0.1, 0.15) is 6.61 Å². The van der Waals surface area contributed by atoms with Crippen molar-refractivity contribution in [2.24, 2.45) is 0 Å². The average molecular weight is 347 g/mol. The molecule has 2 aliphatic heterocycles. The Morgan fingerprint density at radius 2 is 1.96 bits per heavy atom. The Morgan fingerprint density at radius 3 is 2.68 bits per heavy atom. The maximum absolute atomic E-state index is 12.7. The molecule has 0 aliphatic carbocycles. The second-order valence-electron chi connectivity index (χ2n) is 6.34. The van der Waals surface area contributed by atoms with Crippen LogP contribution in [0.5, 0.6) is 0 Å². The van der Waals surface area contributed by atoms with E-state index in [1.54, 1.807) is 11.9 Å². The molecule has 0 saturated carbocycles. The highest BCUT2D eigenvalue weighted by Gasteiger charge is 2.39. The Balaban J connectivity index is 1.61. The molecule has 2 aliphatic rings. The molecule has 2 atom stereocenters. The molecule has 0 aromatic heterocycles. The van der Waals surface area contributed by atoms with Crippen LogP contribution >= 0.6 is 0 Å². The zero-order valence-corrected chi connectivity index (χ0v) is 14.5. The Hall–Kier alpha value is -1.96. The molecule has 2 saturated heterocycles. The third kappa shape index (κ3) is 4.36. The van der Waals surface area contributed by atoms with Gasteiger partial charge in [0.05, 0.1) is 19.3 Å². The van der Waals surface area contributed by atoms with Crippen molar-refractivity contribution in [1.82, 2.24) is 15.1 Å². The van der Waals surface area contributed by atoms with Gasteiger partial charge >= 0.3 is 0 Å². The molecule has 3 rings (SSSR count). The molecule has 0 unspecified atom stereocenters. The summed E-state index contributed by atoms with van der Waals surface area (Å²) in [5, 5.41) is 2.95. The molecule has 0 radical (unpaired) electrons. The van der Waals surface area contributed by atoms with Crippen LogP contribution in [-0.4, -0.2) is 80.8 Å². The van der Waals surface area contributed by atoms with E-state index < -0.39 is 12.1 Å². The van der Waals surface area contributed by atoms with E-state index in [2.05, 4.69) is 10.2 Å². The number of hydrogen-bond donors (Lipinski definition) is 1. The van der Waals surface area contributed by atoms with Gasteiger partial charge in [-0.15, -0.1) is 0 Å². The van der Waals surface area contributed by atoms with Crippen LogP contribution < -0.4 is 5.32 Å². The number of nitrogens with one attached hydrogen (secondary N) is 1. The lowest BCUT2D eigenvalue weighted by Crippen LogP contribution is -2.53. The molecule has 2 amide bonds. The van der Waals surface area contributed by atoms with E-state index in [1.807, 2.05) is 30.3 Å². The number of benzene rings is 1. The fraction of sp³-hybridized carbons (Fsp3) is 0.556. The van der Waals surface area contributed by atoms with Gasteiger partial charge in [0, 0.05) is 33.2 Å². The number of carbonyl (C=O) groups is 2. The average Bonchev–Trinajstić information content (AvgIpc) is 2.65. The first-order valence-electron chi connectivity index (χ1n) is 8.67. The summed E-state index contributed by atoms with van der Waals surface area (Å²) in [5.41, 5.74) is 0.895. The van der Waals surface area contributed by atoms with Gasteiger partial charge in [0.25, 0.3) is 5.91 Å². The minimum Gasteiger partial charge on any atom is -0.379 e. The van der Waals surface area contributed by atoms with Crippen LogP contribution in [0.15, 0.2) is 30.3 Å². The normalized spacial score (nSPS) is 25.0. The topological polar surface area (TPSA) is 71.1 Å². The van der Waals surface area contributed by atoms with Crippen molar-refractivity contribution in [2.75, 3.05) is 53.0 Å². The van der Waals surface area contributed by atoms with E-state index in [9.17, 15) is 9.59 Å². The maximum atomic E-state index is 12.7. The van der Waals surface area contributed by atoms with E-state index in [-0.39, 0.29) is 18.4 Å². The highest BCUT2D eigenvalue weighted by molar-refractivity contribution is 5.86. The highest BCUT2D eigenvalue weighted by Crippen LogP contribution is 2.28. The SMILES string of the molecule is CN1C(=O)CO[C@@H](C(=O)NCCN2CCOCC2)[C@H]1c1ccccc1. The molecule has 0 spiro atoms. The van der Waals surface area contributed by atoms with Crippen LogP contribution in [0.1, 0.15) is 11.6 Å². The second kappa shape index (κ2) is 8.42. The molecular formula is C18H25N3O4. The van der Waals surface area contributed by atoms with Crippen molar-refractivity contribution in [3.05, 3.63) is 35.9 Å². The van der Waals surface area contributed by atoms with Crippen LogP contribution in [-0.2, 0) is 19.1 Å². The Morgan fingerprint density at radius 1 is 1.24 bits per heavy atom. The second-order valence-corrected chi connectivity index (χ2v) is 6.34. The largest absolute Gasteiger partial charge is 0.379 e. The van der Waals surface area contributed by atoms with Crippen LogP contribution in [0.2, 0.25) is 0 Å². The summed E-state index contributed by atoms with van der Waals surface area (Å²) in [4.78, 5) is 28.5. The fourth-order valence-electron chi connectivity index (χ4n) is 3.24. The Labute approximate surface area is 147 Å². The monoisotopic (exact) mass is 347 g/mol. The van der Waals surface area contributed by atoms with E-state index in [4.69, 9.17) is 9.47 Å². The van der Waals surface area contributed by atoms with E-state index >= 15 is 0 Å². The van der Waals surface area contributed by atoms with Crippen molar-refractivity contribution in [2.45, 2.75) is 12.1 Å². The minimum absolute atomic E-state index is 0.0681. The quantitative estimate of drug-likeness (QED) is 0.814. The number of amides is 2. The number of ether oxygens (including phenoxy) is 2. The molecule has 7 heteroatoms. The molecule has 25 heavy (non-hydrogen) atoms. The zero-order chi connectivity index (χ0) is 17.6. The summed E-state index contributed by atoms with van der Waals surface area (Å²) in [6, 6.07) is 9.12. The predicted molar refractivity (Wildman–Crippen MR) is 92.0 cm³/mol. The maximum Gasteiger partial charge on any atom is 0.251 e. The number of likely N-dealkylation sites (N-methyl/N-ethyl adjacent to an activating group) is 1. The van der Waals surface area contributed by atoms with Crippen LogP contribution in [0.3, 0.4) is 0 Å². The third-order valence-corrected chi connectivity index (χ3v) is 4.71. The van der Waals surface area contributed by atoms with Gasteiger partial charge in [-0.05, 0) is 5.56 Å². The lowest BCUT2D eigenvalue weighted by atomic mass is 9.97. The number of rotatable bonds is 5. The minimum atomic E-state index is -0.699. The molecule has 1 N–H and O–H groups in total. The van der Waals surface area contributed by atoms with Gasteiger partial charge in [-0.1, -0.05) is 30.3 Å². The van der Waals surface area contributed by atoms with Crippen LogP contribution in [0.4, 0.5) is 0 Å². The zero-order valence-electron chi connectivity index (χ0n) is 14.5. The predicted octanol–water partition coefficient (Wildman–Crippen LogP) is 0.0333. The van der Waals surface area contributed by atoms with Crippen molar-refractivity contribution in [1.29, 1.82) is 0 Å². The first-order valence-corrected chi connectivity index (χ1v) is 8.67. The fourth-order valence-corrected chi connectivity index (χ4v) is 3.24. The lowest BCUT2D eigenvalue weighted by molar-refractivity contribution is -0.162. The number of carbonyl (C=O) groups excluding carboxylic acids is 2. The number of hydrogen-bond acceptors (Lipinski definition) is 5. The van der Waals surface area contributed by atoms with Crippen molar-refractivity contribution in [3.63, 3.8) is 0 Å². The van der Waals surface area contributed by atoms with E-state index in [1.165, 1.54) is 0 Å². The first kappa shape index (κ1) is 17.8. The van der Waals surface area contributed by atoms with Gasteiger partial charge in [0.15, 0.2) is 6.10 Å². The summed E-state index contributed by atoms with van der Waals surface area (Å²) in [7, 11) is 1.72. The summed E-state index contributed by atoms with van der Waals surface area (Å²) >= 11 is 0. The van der Waals surface area contributed by atoms with Gasteiger partial charge in [0.2, 0.25) is 5.91 Å². The van der Waals surface area contributed by atoms with Crippen molar-refractivity contribution < 1.29 is 19.1 Å². The Kier molecular flexibility index (Phi) is 6.01. The summed E-state index contributed by atoms with van der Waals surface area (Å²) < 4.78 is 10.9. The van der Waals surface area contributed by atoms with Crippen molar-refractivity contribution in [3.8, 4) is 0 Å². The van der Waals surface area contributed by atoms with Gasteiger partial charge in [-0.25, -0.2) is 0 Å². The number of nitrogens with zero attached hydrogens (tertiary/aromatic N) is 2. The summed E-state index contributed by atoms with van der Waals surface area (Å²) in [6.07, 6.45) is -0.699.